The maximum atomic E-state index is 13.0. The Labute approximate surface area is 174 Å². The molecule has 2 amide bonds. The molecule has 0 aliphatic rings. The number of fused-ring (bicyclic) bond motifs is 1. The topological polar surface area (TPSA) is 103 Å². The van der Waals surface area contributed by atoms with E-state index in [2.05, 4.69) is 10.3 Å². The number of aromatic amines is 1. The van der Waals surface area contributed by atoms with Crippen molar-refractivity contribution in [1.82, 2.24) is 15.2 Å². The van der Waals surface area contributed by atoms with E-state index in [0.717, 1.165) is 22.0 Å². The van der Waals surface area contributed by atoms with Crippen LogP contribution in [0, 0.1) is 0 Å². The molecule has 30 heavy (non-hydrogen) atoms. The lowest BCUT2D eigenvalue weighted by Gasteiger charge is -2.28. The van der Waals surface area contributed by atoms with Crippen LogP contribution in [-0.4, -0.2) is 51.9 Å². The Kier molecular flexibility index (Phi) is 6.51. The molecule has 0 aliphatic heterocycles. The molecule has 1 aromatic heterocycles. The van der Waals surface area contributed by atoms with Crippen LogP contribution in [0.4, 0.5) is 0 Å². The quantitative estimate of drug-likeness (QED) is 0.533. The number of para-hydroxylation sites is 1. The van der Waals surface area contributed by atoms with Gasteiger partial charge in [-0.3, -0.25) is 9.59 Å². The number of carboxylic acids is 1. The molecule has 0 saturated heterocycles. The number of carbonyl (C=O) groups excluding carboxylic acids is 2. The van der Waals surface area contributed by atoms with Crippen molar-refractivity contribution in [3.8, 4) is 0 Å². The molecule has 3 aromatic rings. The van der Waals surface area contributed by atoms with Crippen molar-refractivity contribution in [1.29, 1.82) is 0 Å². The van der Waals surface area contributed by atoms with Gasteiger partial charge in [0.25, 0.3) is 0 Å². The SMILES string of the molecule is CC(=O)N(C)[C@H](Cc1ccccc1)C(=O)N[C@@H](Cc1c[nH]c2ccccc12)C(=O)O. The standard InChI is InChI=1S/C23H25N3O4/c1-15(27)26(2)21(12-16-8-4-3-5-9-16)22(28)25-20(23(29)30)13-17-14-24-19-11-7-6-10-18(17)19/h3-11,14,20-21,24H,12-13H2,1-2H3,(H,25,28)(H,29,30)/t20-,21+/m0/s1. The molecule has 0 aliphatic carbocycles. The van der Waals surface area contributed by atoms with Gasteiger partial charge in [-0.15, -0.1) is 0 Å². The number of rotatable bonds is 8. The van der Waals surface area contributed by atoms with Gasteiger partial charge >= 0.3 is 5.97 Å². The van der Waals surface area contributed by atoms with Gasteiger partial charge in [0.2, 0.25) is 11.8 Å². The van der Waals surface area contributed by atoms with Crippen molar-refractivity contribution in [3.05, 3.63) is 71.9 Å². The number of hydrogen-bond donors (Lipinski definition) is 3. The third kappa shape index (κ3) is 4.86. The maximum absolute atomic E-state index is 13.0. The van der Waals surface area contributed by atoms with Crippen LogP contribution in [0.15, 0.2) is 60.8 Å². The minimum Gasteiger partial charge on any atom is -0.480 e. The fraction of sp³-hybridized carbons (Fsp3) is 0.261. The number of carbonyl (C=O) groups is 3. The number of H-pyrrole nitrogens is 1. The van der Waals surface area contributed by atoms with Crippen LogP contribution in [-0.2, 0) is 27.2 Å². The van der Waals surface area contributed by atoms with Crippen LogP contribution < -0.4 is 5.32 Å². The van der Waals surface area contributed by atoms with Gasteiger partial charge in [0.05, 0.1) is 0 Å². The second kappa shape index (κ2) is 9.26. The molecule has 2 aromatic carbocycles. The number of hydrogen-bond acceptors (Lipinski definition) is 3. The van der Waals surface area contributed by atoms with Crippen LogP contribution in [0.25, 0.3) is 10.9 Å². The molecule has 7 nitrogen and oxygen atoms in total. The second-order valence-electron chi connectivity index (χ2n) is 7.30. The van der Waals surface area contributed by atoms with Crippen LogP contribution in [0.1, 0.15) is 18.1 Å². The summed E-state index contributed by atoms with van der Waals surface area (Å²) in [7, 11) is 1.55. The Hall–Kier alpha value is -3.61. The highest BCUT2D eigenvalue weighted by molar-refractivity contribution is 5.91. The summed E-state index contributed by atoms with van der Waals surface area (Å²) in [6, 6.07) is 15.0. The van der Waals surface area contributed by atoms with E-state index in [1.54, 1.807) is 13.2 Å². The summed E-state index contributed by atoms with van der Waals surface area (Å²) in [6.07, 6.45) is 2.19. The molecule has 0 unspecified atom stereocenters. The number of nitrogens with one attached hydrogen (secondary N) is 2. The summed E-state index contributed by atoms with van der Waals surface area (Å²) in [5.41, 5.74) is 2.59. The third-order valence-electron chi connectivity index (χ3n) is 5.25. The van der Waals surface area contributed by atoms with E-state index in [0.29, 0.717) is 6.42 Å². The van der Waals surface area contributed by atoms with Gasteiger partial charge in [-0.05, 0) is 17.2 Å². The first-order valence-corrected chi connectivity index (χ1v) is 9.72. The van der Waals surface area contributed by atoms with Crippen molar-refractivity contribution in [2.45, 2.75) is 31.8 Å². The molecular weight excluding hydrogens is 382 g/mol. The average molecular weight is 407 g/mol. The summed E-state index contributed by atoms with van der Waals surface area (Å²) >= 11 is 0. The zero-order valence-corrected chi connectivity index (χ0v) is 17.0. The van der Waals surface area contributed by atoms with Gasteiger partial charge in [-0.1, -0.05) is 48.5 Å². The van der Waals surface area contributed by atoms with Gasteiger partial charge in [-0.2, -0.15) is 0 Å². The summed E-state index contributed by atoms with van der Waals surface area (Å²) in [6.45, 7) is 1.38. The van der Waals surface area contributed by atoms with Crippen LogP contribution in [0.2, 0.25) is 0 Å². The molecule has 2 atom stereocenters. The van der Waals surface area contributed by atoms with Gasteiger partial charge in [0.15, 0.2) is 0 Å². The van der Waals surface area contributed by atoms with E-state index >= 15 is 0 Å². The Balaban J connectivity index is 1.80. The third-order valence-corrected chi connectivity index (χ3v) is 5.25. The maximum Gasteiger partial charge on any atom is 0.326 e. The minimum atomic E-state index is -1.13. The lowest BCUT2D eigenvalue weighted by atomic mass is 10.0. The van der Waals surface area contributed by atoms with E-state index in [1.165, 1.54) is 11.8 Å². The molecular formula is C23H25N3O4. The van der Waals surface area contributed by atoms with Gasteiger partial charge in [0, 0.05) is 43.9 Å². The summed E-state index contributed by atoms with van der Waals surface area (Å²) < 4.78 is 0. The first-order valence-electron chi connectivity index (χ1n) is 9.72. The normalized spacial score (nSPS) is 12.9. The molecule has 0 fully saturated rings. The van der Waals surface area contributed by atoms with Crippen LogP contribution >= 0.6 is 0 Å². The highest BCUT2D eigenvalue weighted by Gasteiger charge is 2.30. The molecule has 0 saturated carbocycles. The predicted octanol–water partition coefficient (Wildman–Crippen LogP) is 2.37. The fourth-order valence-corrected chi connectivity index (χ4v) is 3.45. The summed E-state index contributed by atoms with van der Waals surface area (Å²) in [4.78, 5) is 41.3. The van der Waals surface area contributed by atoms with Gasteiger partial charge in [-0.25, -0.2) is 4.79 Å². The first kappa shape index (κ1) is 21.1. The average Bonchev–Trinajstić information content (AvgIpc) is 3.14. The first-order chi connectivity index (χ1) is 14.4. The Morgan fingerprint density at radius 3 is 2.37 bits per heavy atom. The summed E-state index contributed by atoms with van der Waals surface area (Å²) in [5, 5.41) is 13.3. The summed E-state index contributed by atoms with van der Waals surface area (Å²) in [5.74, 6) is -1.89. The predicted molar refractivity (Wildman–Crippen MR) is 114 cm³/mol. The van der Waals surface area contributed by atoms with Gasteiger partial charge in [0.1, 0.15) is 12.1 Å². The van der Waals surface area contributed by atoms with Crippen molar-refractivity contribution in [2.75, 3.05) is 7.05 Å². The van der Waals surface area contributed by atoms with E-state index in [4.69, 9.17) is 0 Å². The molecule has 1 heterocycles. The number of nitrogens with zero attached hydrogens (tertiary/aromatic N) is 1. The number of carboxylic acid groups (broad SMARTS) is 1. The minimum absolute atomic E-state index is 0.132. The Morgan fingerprint density at radius 2 is 1.70 bits per heavy atom. The molecule has 0 bridgehead atoms. The van der Waals surface area contributed by atoms with E-state index in [9.17, 15) is 19.5 Å². The van der Waals surface area contributed by atoms with Crippen molar-refractivity contribution in [2.24, 2.45) is 0 Å². The van der Waals surface area contributed by atoms with Crippen molar-refractivity contribution in [3.63, 3.8) is 0 Å². The lowest BCUT2D eigenvalue weighted by Crippen LogP contribution is -2.53. The molecule has 0 spiro atoms. The largest absolute Gasteiger partial charge is 0.480 e. The van der Waals surface area contributed by atoms with Crippen molar-refractivity contribution < 1.29 is 19.5 Å². The van der Waals surface area contributed by atoms with Crippen LogP contribution in [0.3, 0.4) is 0 Å². The molecule has 3 rings (SSSR count). The Morgan fingerprint density at radius 1 is 1.03 bits per heavy atom. The number of aromatic nitrogens is 1. The second-order valence-corrected chi connectivity index (χ2v) is 7.30. The number of likely N-dealkylation sites (N-methyl/N-ethyl adjacent to an activating group) is 1. The zero-order valence-electron chi connectivity index (χ0n) is 17.0. The molecule has 0 radical (unpaired) electrons. The van der Waals surface area contributed by atoms with Crippen molar-refractivity contribution >= 4 is 28.7 Å². The molecule has 3 N–H and O–H groups in total. The fourth-order valence-electron chi connectivity index (χ4n) is 3.45. The number of amides is 2. The monoisotopic (exact) mass is 407 g/mol. The molecule has 156 valence electrons. The number of benzene rings is 2. The lowest BCUT2D eigenvalue weighted by molar-refractivity contribution is -0.143. The smallest absolute Gasteiger partial charge is 0.326 e. The molecule has 7 heteroatoms. The Bertz CT molecular complexity index is 1040. The van der Waals surface area contributed by atoms with E-state index in [-0.39, 0.29) is 12.3 Å². The van der Waals surface area contributed by atoms with E-state index in [1.807, 2.05) is 54.6 Å². The van der Waals surface area contributed by atoms with Gasteiger partial charge < -0.3 is 20.3 Å². The van der Waals surface area contributed by atoms with E-state index < -0.39 is 24.0 Å². The van der Waals surface area contributed by atoms with Crippen LogP contribution in [0.5, 0.6) is 0 Å². The highest BCUT2D eigenvalue weighted by atomic mass is 16.4. The number of aliphatic carboxylic acids is 1. The zero-order chi connectivity index (χ0) is 21.7. The highest BCUT2D eigenvalue weighted by Crippen LogP contribution is 2.19.